The Labute approximate surface area is 498 Å². The van der Waals surface area contributed by atoms with Gasteiger partial charge in [0.2, 0.25) is 0 Å². The first kappa shape index (κ1) is 49.6. The number of hydrogen-bond donors (Lipinski definition) is 0. The zero-order valence-corrected chi connectivity index (χ0v) is 47.9. The fourth-order valence-corrected chi connectivity index (χ4v) is 17.0. The summed E-state index contributed by atoms with van der Waals surface area (Å²) in [5.41, 5.74) is 26.7. The first-order chi connectivity index (χ1) is 42.0. The van der Waals surface area contributed by atoms with Crippen LogP contribution in [-0.4, -0.2) is 14.1 Å². The fourth-order valence-electron chi connectivity index (χ4n) is 17.0. The van der Waals surface area contributed by atoms with E-state index in [2.05, 4.69) is 315 Å². The Hall–Kier alpha value is -10.0. The minimum Gasteiger partial charge on any atom is -0.344 e. The number of fused-ring (bicyclic) bond motifs is 11. The van der Waals surface area contributed by atoms with Gasteiger partial charge in [0.25, 0.3) is 0 Å². The molecule has 85 heavy (non-hydrogen) atoms. The number of nitrogens with zero attached hydrogens (tertiary/aromatic N) is 2. The van der Waals surface area contributed by atoms with Gasteiger partial charge in [-0.1, -0.05) is 274 Å². The Balaban J connectivity index is 1.03. The van der Waals surface area contributed by atoms with Gasteiger partial charge < -0.3 is 9.80 Å². The average molecular weight is 1090 g/mol. The van der Waals surface area contributed by atoms with E-state index in [1.807, 2.05) is 0 Å². The van der Waals surface area contributed by atoms with E-state index in [1.54, 1.807) is 0 Å². The van der Waals surface area contributed by atoms with Gasteiger partial charge in [-0.3, -0.25) is 0 Å². The first-order valence-electron chi connectivity index (χ1n) is 30.4. The van der Waals surface area contributed by atoms with E-state index < -0.39 is 10.8 Å². The van der Waals surface area contributed by atoms with Crippen molar-refractivity contribution in [1.29, 1.82) is 0 Å². The van der Waals surface area contributed by atoms with E-state index in [9.17, 15) is 0 Å². The molecule has 2 heteroatoms. The molecule has 0 unspecified atom stereocenters. The third-order valence-corrected chi connectivity index (χ3v) is 20.4. The van der Waals surface area contributed by atoms with Crippen molar-refractivity contribution in [2.75, 3.05) is 23.9 Å². The number of rotatable bonds is 7. The van der Waals surface area contributed by atoms with Crippen molar-refractivity contribution in [3.8, 4) is 44.5 Å². The third kappa shape index (κ3) is 6.77. The first-order valence-corrected chi connectivity index (χ1v) is 30.4. The lowest BCUT2D eigenvalue weighted by Gasteiger charge is -2.46. The normalized spacial score (nSPS) is 15.5. The fraction of sp³-hybridized carbons (Fsp3) is 0.108. The van der Waals surface area contributed by atoms with Crippen LogP contribution in [0.1, 0.15) is 81.3 Å². The second-order valence-corrected chi connectivity index (χ2v) is 24.1. The van der Waals surface area contributed by atoms with Crippen LogP contribution in [0, 0.1) is 0 Å². The van der Waals surface area contributed by atoms with Crippen molar-refractivity contribution in [2.24, 2.45) is 0 Å². The topological polar surface area (TPSA) is 6.48 Å². The van der Waals surface area contributed by atoms with Crippen molar-refractivity contribution < 1.29 is 0 Å². The molecule has 1 saturated carbocycles. The van der Waals surface area contributed by atoms with E-state index in [1.165, 1.54) is 170 Å². The van der Waals surface area contributed by atoms with E-state index in [0.29, 0.717) is 0 Å². The van der Waals surface area contributed by atoms with Crippen molar-refractivity contribution in [1.82, 2.24) is 0 Å². The molecule has 0 N–H and O–H groups in total. The molecule has 13 aromatic rings. The zero-order valence-electron chi connectivity index (χ0n) is 47.9. The minimum absolute atomic E-state index is 0.00585. The van der Waals surface area contributed by atoms with E-state index in [0.717, 1.165) is 0 Å². The molecule has 2 nitrogen and oxygen atoms in total. The quantitative estimate of drug-likeness (QED) is 0.147. The predicted octanol–water partition coefficient (Wildman–Crippen LogP) is 20.8. The summed E-state index contributed by atoms with van der Waals surface area (Å²) in [4.78, 5) is 4.87. The summed E-state index contributed by atoms with van der Waals surface area (Å²) >= 11 is 0. The lowest BCUT2D eigenvalue weighted by Crippen LogP contribution is -2.38. The molecule has 17 rings (SSSR count). The maximum absolute atomic E-state index is 2.59. The van der Waals surface area contributed by atoms with Gasteiger partial charge in [-0.05, 0) is 154 Å². The third-order valence-electron chi connectivity index (χ3n) is 20.4. The van der Waals surface area contributed by atoms with E-state index in [-0.39, 0.29) is 5.41 Å². The van der Waals surface area contributed by atoms with Crippen LogP contribution in [0.2, 0.25) is 0 Å². The molecular weight excluding hydrogens is 1020 g/mol. The Kier molecular flexibility index (Phi) is 11.1. The molecular formula is C83H62N2. The molecule has 0 amide bonds. The molecule has 2 aliphatic carbocycles. The monoisotopic (exact) mass is 1090 g/mol. The summed E-state index contributed by atoms with van der Waals surface area (Å²) in [6.45, 7) is 0. The second kappa shape index (κ2) is 19.0. The zero-order chi connectivity index (χ0) is 56.4. The highest BCUT2D eigenvalue weighted by Gasteiger charge is 2.50. The van der Waals surface area contributed by atoms with Gasteiger partial charge in [0, 0.05) is 53.4 Å². The number of hydrogen-bond acceptors (Lipinski definition) is 2. The van der Waals surface area contributed by atoms with Gasteiger partial charge in [0.15, 0.2) is 0 Å². The molecule has 13 aromatic carbocycles. The summed E-state index contributed by atoms with van der Waals surface area (Å²) in [5, 5.41) is 4.96. The highest BCUT2D eigenvalue weighted by molar-refractivity contribution is 6.21. The second-order valence-electron chi connectivity index (χ2n) is 24.1. The van der Waals surface area contributed by atoms with Crippen LogP contribution >= 0.6 is 0 Å². The Morgan fingerprint density at radius 2 is 0.600 bits per heavy atom. The van der Waals surface area contributed by atoms with Crippen LogP contribution in [0.5, 0.6) is 0 Å². The highest BCUT2D eigenvalue weighted by Crippen LogP contribution is 2.63. The number of benzene rings is 13. The molecule has 0 radical (unpaired) electrons. The Bertz CT molecular complexity index is 4480. The maximum Gasteiger partial charge on any atom is 0.0748 e. The van der Waals surface area contributed by atoms with Crippen molar-refractivity contribution >= 4 is 44.3 Å². The van der Waals surface area contributed by atoms with Crippen molar-refractivity contribution in [2.45, 2.75) is 41.9 Å². The maximum atomic E-state index is 2.59. The molecule has 1 spiro atoms. The average Bonchev–Trinajstić information content (AvgIpc) is 2.58. The van der Waals surface area contributed by atoms with E-state index in [4.69, 9.17) is 0 Å². The molecule has 0 saturated heterocycles. The van der Waals surface area contributed by atoms with Crippen LogP contribution in [0.25, 0.3) is 66.1 Å². The van der Waals surface area contributed by atoms with Gasteiger partial charge in [0.1, 0.15) is 0 Å². The van der Waals surface area contributed by atoms with Crippen LogP contribution in [0.3, 0.4) is 0 Å². The Morgan fingerprint density at radius 1 is 0.259 bits per heavy atom. The summed E-state index contributed by atoms with van der Waals surface area (Å²) in [5.74, 6) is 0. The van der Waals surface area contributed by atoms with Gasteiger partial charge in [-0.15, -0.1) is 0 Å². The molecule has 404 valence electrons. The lowest BCUT2D eigenvalue weighted by atomic mass is 9.60. The van der Waals surface area contributed by atoms with Crippen molar-refractivity contribution in [3.05, 3.63) is 347 Å². The minimum atomic E-state index is -0.673. The summed E-state index contributed by atoms with van der Waals surface area (Å²) in [6.07, 6.45) is 4.83. The SMILES string of the molecule is CN1c2ccccc2C(c2ccccc2)(c2ccccc2)c2c(-c3cccc4c(-c5cccc6c5-c5ccccc5C65CCCC5)c5cccc(-c6cccc7c6C(c6ccccc6)(c6ccccc6)c6ccccc6N7C)c5cc34)cccc21. The highest BCUT2D eigenvalue weighted by atomic mass is 15.1. The summed E-state index contributed by atoms with van der Waals surface area (Å²) in [7, 11) is 4.52. The van der Waals surface area contributed by atoms with Gasteiger partial charge in [-0.2, -0.15) is 0 Å². The molecule has 2 aliphatic heterocycles. The Morgan fingerprint density at radius 3 is 1.07 bits per heavy atom. The van der Waals surface area contributed by atoms with Crippen LogP contribution in [-0.2, 0) is 16.2 Å². The van der Waals surface area contributed by atoms with Crippen LogP contribution < -0.4 is 9.80 Å². The predicted molar refractivity (Wildman–Crippen MR) is 355 cm³/mol. The molecule has 2 heterocycles. The van der Waals surface area contributed by atoms with Crippen LogP contribution in [0.4, 0.5) is 22.7 Å². The summed E-state index contributed by atoms with van der Waals surface area (Å²) in [6, 6.07) is 111. The smallest absolute Gasteiger partial charge is 0.0748 e. The van der Waals surface area contributed by atoms with Gasteiger partial charge in [0.05, 0.1) is 10.8 Å². The standard InChI is InChI=1S/C83H62N2/c1-84-73-48-19-17-45-70(73)82(55-28-7-3-8-29-55,56-30-9-4-10-31-56)79-63(41-26-50-75(79)84)59-37-23-39-61-67(59)54-68-60(38-24-40-62(68)77(61)66-43-25-47-72-78(66)65-36-15-16-44-69(65)81(72)52-21-22-53-81)64-42-27-51-76-80(64)83(57-32-11-5-12-33-57,58-34-13-6-14-35-58)71-46-18-20-49-74(71)85(76)2/h3-20,23-51,54H,21-22,52-53H2,1-2H3. The largest absolute Gasteiger partial charge is 0.344 e. The number of para-hydroxylation sites is 2. The van der Waals surface area contributed by atoms with E-state index >= 15 is 0 Å². The van der Waals surface area contributed by atoms with Crippen molar-refractivity contribution in [3.63, 3.8) is 0 Å². The summed E-state index contributed by atoms with van der Waals surface area (Å²) < 4.78 is 0. The van der Waals surface area contributed by atoms with Crippen LogP contribution in [0.15, 0.2) is 291 Å². The molecule has 1 fully saturated rings. The van der Waals surface area contributed by atoms with Gasteiger partial charge in [-0.25, -0.2) is 0 Å². The number of anilines is 4. The lowest BCUT2D eigenvalue weighted by molar-refractivity contribution is 0.550. The van der Waals surface area contributed by atoms with Gasteiger partial charge >= 0.3 is 0 Å². The molecule has 0 atom stereocenters. The molecule has 0 aromatic heterocycles. The molecule has 0 bridgehead atoms. The molecule has 4 aliphatic rings.